The van der Waals surface area contributed by atoms with Crippen molar-refractivity contribution in [1.29, 1.82) is 0 Å². The van der Waals surface area contributed by atoms with Crippen molar-refractivity contribution in [3.05, 3.63) is 0 Å². The number of rotatable bonds is 2. The summed E-state index contributed by atoms with van der Waals surface area (Å²) in [6.45, 7) is 1.31. The monoisotopic (exact) mass is 145 g/mol. The Bertz CT molecular complexity index is 85.6. The van der Waals surface area contributed by atoms with Crippen molar-refractivity contribution in [2.45, 2.75) is 18.9 Å². The van der Waals surface area contributed by atoms with Crippen LogP contribution in [0.2, 0.25) is 0 Å². The lowest BCUT2D eigenvalue weighted by Gasteiger charge is -2.29. The summed E-state index contributed by atoms with van der Waals surface area (Å²) in [4.78, 5) is 0. The first-order chi connectivity index (χ1) is 4.88. The zero-order valence-corrected chi connectivity index (χ0v) is 6.08. The van der Waals surface area contributed by atoms with Gasteiger partial charge in [0.05, 0.1) is 6.61 Å². The fraction of sp³-hybridized carbons (Fsp3) is 1.00. The number of nitrogens with one attached hydrogen (secondary N) is 1. The molecule has 10 heavy (non-hydrogen) atoms. The highest BCUT2D eigenvalue weighted by Gasteiger charge is 2.22. The average Bonchev–Trinajstić information content (AvgIpc) is 2.04. The molecule has 0 aromatic rings. The maximum absolute atomic E-state index is 8.84. The minimum Gasteiger partial charge on any atom is -0.396 e. The van der Waals surface area contributed by atoms with Gasteiger partial charge >= 0.3 is 0 Å². The smallest absolute Gasteiger partial charge is 0.0588 e. The SMILES string of the molecule is OC[C@H]1CCCN[C@@H]1CO. The molecular weight excluding hydrogens is 130 g/mol. The van der Waals surface area contributed by atoms with Crippen molar-refractivity contribution in [3.8, 4) is 0 Å². The summed E-state index contributed by atoms with van der Waals surface area (Å²) in [6, 6.07) is 0.124. The lowest BCUT2D eigenvalue weighted by atomic mass is 9.92. The molecule has 0 unspecified atom stereocenters. The third-order valence-corrected chi connectivity index (χ3v) is 2.16. The van der Waals surface area contributed by atoms with Crippen LogP contribution in [0, 0.1) is 5.92 Å². The molecule has 3 N–H and O–H groups in total. The van der Waals surface area contributed by atoms with E-state index in [1.54, 1.807) is 0 Å². The minimum absolute atomic E-state index is 0.124. The second kappa shape index (κ2) is 3.91. The average molecular weight is 145 g/mol. The fourth-order valence-corrected chi connectivity index (χ4v) is 1.45. The molecule has 3 nitrogen and oxygen atoms in total. The molecule has 60 valence electrons. The Labute approximate surface area is 61.1 Å². The van der Waals surface area contributed by atoms with Gasteiger partial charge in [0.1, 0.15) is 0 Å². The van der Waals surface area contributed by atoms with Gasteiger partial charge < -0.3 is 15.5 Å². The van der Waals surface area contributed by atoms with Gasteiger partial charge in [-0.25, -0.2) is 0 Å². The van der Waals surface area contributed by atoms with Gasteiger partial charge in [-0.2, -0.15) is 0 Å². The molecule has 2 atom stereocenters. The molecule has 0 radical (unpaired) electrons. The second-order valence-electron chi connectivity index (χ2n) is 2.83. The third-order valence-electron chi connectivity index (χ3n) is 2.16. The Balaban J connectivity index is 2.34. The van der Waals surface area contributed by atoms with E-state index in [2.05, 4.69) is 5.32 Å². The predicted molar refractivity (Wildman–Crippen MR) is 38.7 cm³/mol. The van der Waals surface area contributed by atoms with Crippen LogP contribution in [0.1, 0.15) is 12.8 Å². The van der Waals surface area contributed by atoms with E-state index in [0.29, 0.717) is 0 Å². The summed E-state index contributed by atoms with van der Waals surface area (Å²) < 4.78 is 0. The molecule has 1 rings (SSSR count). The van der Waals surface area contributed by atoms with Gasteiger partial charge in [0, 0.05) is 12.6 Å². The molecule has 0 aromatic carbocycles. The van der Waals surface area contributed by atoms with Crippen LogP contribution >= 0.6 is 0 Å². The van der Waals surface area contributed by atoms with Gasteiger partial charge in [-0.3, -0.25) is 0 Å². The van der Waals surface area contributed by atoms with Gasteiger partial charge in [0.25, 0.3) is 0 Å². The van der Waals surface area contributed by atoms with E-state index in [1.807, 2.05) is 0 Å². The second-order valence-corrected chi connectivity index (χ2v) is 2.83. The first-order valence-corrected chi connectivity index (χ1v) is 3.83. The molecule has 1 aliphatic heterocycles. The number of hydrogen-bond donors (Lipinski definition) is 3. The minimum atomic E-state index is 0.124. The predicted octanol–water partition coefficient (Wildman–Crippen LogP) is -0.661. The van der Waals surface area contributed by atoms with E-state index in [0.717, 1.165) is 19.4 Å². The van der Waals surface area contributed by atoms with Gasteiger partial charge in [0.2, 0.25) is 0 Å². The zero-order valence-electron chi connectivity index (χ0n) is 6.08. The van der Waals surface area contributed by atoms with Crippen LogP contribution in [-0.4, -0.2) is 36.0 Å². The van der Waals surface area contributed by atoms with Crippen LogP contribution in [0.4, 0.5) is 0 Å². The van der Waals surface area contributed by atoms with Crippen LogP contribution in [0.25, 0.3) is 0 Å². The Hall–Kier alpha value is -0.120. The van der Waals surface area contributed by atoms with E-state index in [9.17, 15) is 0 Å². The maximum atomic E-state index is 8.84. The van der Waals surface area contributed by atoms with E-state index in [1.165, 1.54) is 0 Å². The normalized spacial score (nSPS) is 34.2. The molecule has 0 bridgehead atoms. The first-order valence-electron chi connectivity index (χ1n) is 3.83. The number of aliphatic hydroxyl groups excluding tert-OH is 2. The highest BCUT2D eigenvalue weighted by Crippen LogP contribution is 2.14. The van der Waals surface area contributed by atoms with Crippen molar-refractivity contribution in [2.75, 3.05) is 19.8 Å². The number of piperidine rings is 1. The van der Waals surface area contributed by atoms with Gasteiger partial charge in [-0.1, -0.05) is 0 Å². The van der Waals surface area contributed by atoms with Gasteiger partial charge in [0.15, 0.2) is 0 Å². The van der Waals surface area contributed by atoms with Crippen LogP contribution in [-0.2, 0) is 0 Å². The zero-order chi connectivity index (χ0) is 7.40. The Morgan fingerprint density at radius 2 is 2.10 bits per heavy atom. The molecule has 0 saturated carbocycles. The summed E-state index contributed by atoms with van der Waals surface area (Å²) in [7, 11) is 0. The lowest BCUT2D eigenvalue weighted by Crippen LogP contribution is -2.45. The highest BCUT2D eigenvalue weighted by molar-refractivity contribution is 4.79. The molecule has 0 spiro atoms. The van der Waals surface area contributed by atoms with E-state index in [-0.39, 0.29) is 25.2 Å². The molecule has 0 aliphatic carbocycles. The Morgan fingerprint density at radius 3 is 2.60 bits per heavy atom. The summed E-state index contributed by atoms with van der Waals surface area (Å²) in [5, 5.41) is 20.8. The van der Waals surface area contributed by atoms with Crippen LogP contribution in [0.5, 0.6) is 0 Å². The molecule has 1 heterocycles. The molecular formula is C7H15NO2. The number of aliphatic hydroxyl groups is 2. The van der Waals surface area contributed by atoms with Crippen LogP contribution in [0.15, 0.2) is 0 Å². The van der Waals surface area contributed by atoms with Crippen molar-refractivity contribution in [3.63, 3.8) is 0 Å². The lowest BCUT2D eigenvalue weighted by molar-refractivity contribution is 0.116. The van der Waals surface area contributed by atoms with Crippen molar-refractivity contribution in [1.82, 2.24) is 5.32 Å². The van der Waals surface area contributed by atoms with Gasteiger partial charge in [-0.05, 0) is 25.3 Å². The molecule has 1 aliphatic rings. The molecule has 1 saturated heterocycles. The molecule has 3 heteroatoms. The summed E-state index contributed by atoms with van der Waals surface area (Å²) in [5.74, 6) is 0.263. The number of hydrogen-bond acceptors (Lipinski definition) is 3. The van der Waals surface area contributed by atoms with Gasteiger partial charge in [-0.15, -0.1) is 0 Å². The standard InChI is InChI=1S/C7H15NO2/c9-4-6-2-1-3-8-7(6)5-10/h6-10H,1-5H2/t6-,7-/m1/s1. The van der Waals surface area contributed by atoms with Crippen molar-refractivity contribution < 1.29 is 10.2 Å². The summed E-state index contributed by atoms with van der Waals surface area (Å²) in [6.07, 6.45) is 2.15. The van der Waals surface area contributed by atoms with E-state index >= 15 is 0 Å². The fourth-order valence-electron chi connectivity index (χ4n) is 1.45. The quantitative estimate of drug-likeness (QED) is 0.483. The van der Waals surface area contributed by atoms with Crippen molar-refractivity contribution >= 4 is 0 Å². The highest BCUT2D eigenvalue weighted by atomic mass is 16.3. The van der Waals surface area contributed by atoms with E-state index in [4.69, 9.17) is 10.2 Å². The maximum Gasteiger partial charge on any atom is 0.0588 e. The Kier molecular flexibility index (Phi) is 3.12. The topological polar surface area (TPSA) is 52.5 Å². The van der Waals surface area contributed by atoms with E-state index < -0.39 is 0 Å². The first kappa shape index (κ1) is 7.98. The molecule has 0 amide bonds. The molecule has 0 aromatic heterocycles. The van der Waals surface area contributed by atoms with Crippen molar-refractivity contribution in [2.24, 2.45) is 5.92 Å². The summed E-state index contributed by atoms with van der Waals surface area (Å²) in [5.41, 5.74) is 0. The third kappa shape index (κ3) is 1.68. The largest absolute Gasteiger partial charge is 0.396 e. The molecule has 1 fully saturated rings. The summed E-state index contributed by atoms with van der Waals surface area (Å²) >= 11 is 0. The van der Waals surface area contributed by atoms with Crippen LogP contribution < -0.4 is 5.32 Å². The van der Waals surface area contributed by atoms with Crippen LogP contribution in [0.3, 0.4) is 0 Å². The Morgan fingerprint density at radius 1 is 1.30 bits per heavy atom.